The molecule has 1 fully saturated rings. The molecule has 1 amide bonds. The summed E-state index contributed by atoms with van der Waals surface area (Å²) in [5.74, 6) is 0.0442. The molecule has 0 radical (unpaired) electrons. The zero-order valence-corrected chi connectivity index (χ0v) is 21.2. The van der Waals surface area contributed by atoms with Gasteiger partial charge in [-0.2, -0.15) is 0 Å². The Kier molecular flexibility index (Phi) is 11.8. The highest BCUT2D eigenvalue weighted by Gasteiger charge is 2.19. The summed E-state index contributed by atoms with van der Waals surface area (Å²) in [6.45, 7) is 2.93. The molecule has 2 aromatic rings. The van der Waals surface area contributed by atoms with Gasteiger partial charge in [0.1, 0.15) is 5.75 Å². The van der Waals surface area contributed by atoms with Gasteiger partial charge >= 0.3 is 0 Å². The summed E-state index contributed by atoms with van der Waals surface area (Å²) >= 11 is 5.92. The summed E-state index contributed by atoms with van der Waals surface area (Å²) < 4.78 is 0. The molecule has 5 heteroatoms. The van der Waals surface area contributed by atoms with Gasteiger partial charge in [0.2, 0.25) is 5.91 Å². The lowest BCUT2D eigenvalue weighted by atomic mass is 9.95. The SMILES string of the molecule is O=C(Cc1ccc(O)c(Cl)c1)NCCCCCCN(Cc1ccccc1)C1CCCCCCC1. The van der Waals surface area contributed by atoms with Gasteiger partial charge in [-0.15, -0.1) is 0 Å². The first-order chi connectivity index (χ1) is 16.6. The van der Waals surface area contributed by atoms with Crippen LogP contribution < -0.4 is 5.32 Å². The summed E-state index contributed by atoms with van der Waals surface area (Å²) in [6.07, 6.45) is 14.4. The monoisotopic (exact) mass is 484 g/mol. The minimum absolute atomic E-state index is 0.0000691. The van der Waals surface area contributed by atoms with Crippen LogP contribution in [0.4, 0.5) is 0 Å². The van der Waals surface area contributed by atoms with Crippen molar-refractivity contribution in [1.82, 2.24) is 10.2 Å². The fourth-order valence-corrected chi connectivity index (χ4v) is 5.14. The molecule has 4 nitrogen and oxygen atoms in total. The van der Waals surface area contributed by atoms with E-state index in [1.165, 1.54) is 69.4 Å². The largest absolute Gasteiger partial charge is 0.506 e. The van der Waals surface area contributed by atoms with Crippen molar-refractivity contribution in [3.8, 4) is 5.75 Å². The maximum Gasteiger partial charge on any atom is 0.224 e. The van der Waals surface area contributed by atoms with E-state index in [4.69, 9.17) is 11.6 Å². The molecule has 1 aliphatic carbocycles. The zero-order valence-electron chi connectivity index (χ0n) is 20.5. The van der Waals surface area contributed by atoms with Crippen LogP contribution in [0.5, 0.6) is 5.75 Å². The average molecular weight is 485 g/mol. The molecule has 3 rings (SSSR count). The number of hydrogen-bond acceptors (Lipinski definition) is 3. The van der Waals surface area contributed by atoms with Gasteiger partial charge in [0, 0.05) is 19.1 Å². The van der Waals surface area contributed by atoms with Crippen LogP contribution >= 0.6 is 11.6 Å². The Morgan fingerprint density at radius 3 is 2.35 bits per heavy atom. The lowest BCUT2D eigenvalue weighted by Crippen LogP contribution is -2.36. The number of amides is 1. The van der Waals surface area contributed by atoms with Crippen LogP contribution in [0.2, 0.25) is 5.02 Å². The highest BCUT2D eigenvalue weighted by Crippen LogP contribution is 2.25. The maximum absolute atomic E-state index is 12.2. The van der Waals surface area contributed by atoms with Crippen molar-refractivity contribution in [2.75, 3.05) is 13.1 Å². The summed E-state index contributed by atoms with van der Waals surface area (Å²) in [5.41, 5.74) is 2.23. The van der Waals surface area contributed by atoms with Gasteiger partial charge in [-0.05, 0) is 55.5 Å². The Morgan fingerprint density at radius 2 is 1.62 bits per heavy atom. The van der Waals surface area contributed by atoms with Crippen molar-refractivity contribution in [1.29, 1.82) is 0 Å². The second-order valence-electron chi connectivity index (χ2n) is 9.68. The van der Waals surface area contributed by atoms with E-state index in [1.807, 2.05) is 0 Å². The molecule has 0 heterocycles. The summed E-state index contributed by atoms with van der Waals surface area (Å²) in [7, 11) is 0. The Labute approximate surface area is 210 Å². The molecular weight excluding hydrogens is 444 g/mol. The van der Waals surface area contributed by atoms with Gasteiger partial charge in [0.25, 0.3) is 0 Å². The predicted molar refractivity (Wildman–Crippen MR) is 141 cm³/mol. The highest BCUT2D eigenvalue weighted by molar-refractivity contribution is 6.32. The van der Waals surface area contributed by atoms with Crippen LogP contribution in [0, 0.1) is 0 Å². The van der Waals surface area contributed by atoms with Gasteiger partial charge < -0.3 is 10.4 Å². The molecule has 0 bridgehead atoms. The van der Waals surface area contributed by atoms with E-state index >= 15 is 0 Å². The molecule has 0 unspecified atom stereocenters. The first kappa shape index (κ1) is 26.6. The second kappa shape index (κ2) is 15.1. The first-order valence-electron chi connectivity index (χ1n) is 13.1. The quantitative estimate of drug-likeness (QED) is 0.323. The van der Waals surface area contributed by atoms with Gasteiger partial charge in [-0.1, -0.05) is 92.9 Å². The number of nitrogens with one attached hydrogen (secondary N) is 1. The number of hydrogen-bond donors (Lipinski definition) is 2. The van der Waals surface area contributed by atoms with E-state index in [2.05, 4.69) is 40.5 Å². The number of phenolic OH excluding ortho intramolecular Hbond substituents is 1. The van der Waals surface area contributed by atoms with Gasteiger partial charge in [0.15, 0.2) is 0 Å². The van der Waals surface area contributed by atoms with Gasteiger partial charge in [-0.3, -0.25) is 9.69 Å². The summed E-state index contributed by atoms with van der Waals surface area (Å²) in [5, 5.41) is 12.8. The van der Waals surface area contributed by atoms with Crippen LogP contribution in [0.1, 0.15) is 81.8 Å². The van der Waals surface area contributed by atoms with E-state index in [1.54, 1.807) is 12.1 Å². The molecule has 0 aliphatic heterocycles. The molecular formula is C29H41ClN2O2. The van der Waals surface area contributed by atoms with Crippen molar-refractivity contribution in [2.24, 2.45) is 0 Å². The lowest BCUT2D eigenvalue weighted by Gasteiger charge is -2.33. The number of carbonyl (C=O) groups is 1. The minimum Gasteiger partial charge on any atom is -0.506 e. The molecule has 0 atom stereocenters. The average Bonchev–Trinajstić information content (AvgIpc) is 2.81. The van der Waals surface area contributed by atoms with Crippen LogP contribution in [0.15, 0.2) is 48.5 Å². The standard InChI is InChI=1S/C29H41ClN2O2/c30-27-21-25(17-18-28(27)33)22-29(34)31-19-11-4-5-12-20-32(23-24-13-7-6-8-14-24)26-15-9-2-1-3-10-16-26/h6-8,13-14,17-18,21,26,33H,1-5,9-12,15-16,19-20,22-23H2,(H,31,34). The molecule has 2 N–H and O–H groups in total. The zero-order chi connectivity index (χ0) is 24.0. The topological polar surface area (TPSA) is 52.6 Å². The number of rotatable bonds is 12. The van der Waals surface area contributed by atoms with E-state index in [0.717, 1.165) is 31.5 Å². The molecule has 186 valence electrons. The normalized spacial score (nSPS) is 15.1. The first-order valence-corrected chi connectivity index (χ1v) is 13.5. The van der Waals surface area contributed by atoms with E-state index in [0.29, 0.717) is 12.6 Å². The number of benzene rings is 2. The number of unbranched alkanes of at least 4 members (excludes halogenated alkanes) is 3. The molecule has 2 aromatic carbocycles. The smallest absolute Gasteiger partial charge is 0.224 e. The van der Waals surface area contributed by atoms with Crippen molar-refractivity contribution in [3.63, 3.8) is 0 Å². The number of nitrogens with zero attached hydrogens (tertiary/aromatic N) is 1. The number of carbonyl (C=O) groups excluding carboxylic acids is 1. The van der Waals surface area contributed by atoms with Gasteiger partial charge in [-0.25, -0.2) is 0 Å². The Hall–Kier alpha value is -2.04. The maximum atomic E-state index is 12.2. The molecule has 0 spiro atoms. The van der Waals surface area contributed by atoms with Crippen molar-refractivity contribution in [2.45, 2.75) is 89.6 Å². The van der Waals surface area contributed by atoms with E-state index < -0.39 is 0 Å². The van der Waals surface area contributed by atoms with Crippen LogP contribution in [-0.2, 0) is 17.8 Å². The molecule has 0 aromatic heterocycles. The predicted octanol–water partition coefficient (Wildman–Crippen LogP) is 6.88. The molecule has 0 saturated heterocycles. The van der Waals surface area contributed by atoms with Crippen molar-refractivity contribution < 1.29 is 9.90 Å². The Morgan fingerprint density at radius 1 is 0.912 bits per heavy atom. The van der Waals surface area contributed by atoms with Crippen LogP contribution in [0.25, 0.3) is 0 Å². The molecule has 1 saturated carbocycles. The number of aromatic hydroxyl groups is 1. The Balaban J connectivity index is 1.35. The summed E-state index contributed by atoms with van der Waals surface area (Å²) in [4.78, 5) is 14.9. The fraction of sp³-hybridized carbons (Fsp3) is 0.552. The minimum atomic E-state index is 0.0000691. The second-order valence-corrected chi connectivity index (χ2v) is 10.1. The van der Waals surface area contributed by atoms with E-state index in [-0.39, 0.29) is 23.1 Å². The van der Waals surface area contributed by atoms with Crippen LogP contribution in [-0.4, -0.2) is 35.0 Å². The van der Waals surface area contributed by atoms with Crippen molar-refractivity contribution in [3.05, 3.63) is 64.7 Å². The number of halogens is 1. The van der Waals surface area contributed by atoms with Gasteiger partial charge in [0.05, 0.1) is 11.4 Å². The molecule has 1 aliphatic rings. The third-order valence-corrected chi connectivity index (χ3v) is 7.19. The molecule has 34 heavy (non-hydrogen) atoms. The number of phenols is 1. The third kappa shape index (κ3) is 9.68. The van der Waals surface area contributed by atoms with Crippen molar-refractivity contribution >= 4 is 17.5 Å². The lowest BCUT2D eigenvalue weighted by molar-refractivity contribution is -0.120. The van der Waals surface area contributed by atoms with Crippen LogP contribution in [0.3, 0.4) is 0 Å². The fourth-order valence-electron chi connectivity index (χ4n) is 4.94. The van der Waals surface area contributed by atoms with E-state index in [9.17, 15) is 9.90 Å². The third-order valence-electron chi connectivity index (χ3n) is 6.89. The summed E-state index contributed by atoms with van der Waals surface area (Å²) in [6, 6.07) is 16.5. The Bertz CT molecular complexity index is 850. The highest BCUT2D eigenvalue weighted by atomic mass is 35.5.